The lowest BCUT2D eigenvalue weighted by molar-refractivity contribution is -0.167. The SMILES string of the molecule is COc1cc(NC(=O)C(F)(F)F)c(OC)cc1NC(=O)c1ccccc1. The highest BCUT2D eigenvalue weighted by Gasteiger charge is 2.39. The highest BCUT2D eigenvalue weighted by molar-refractivity contribution is 6.05. The van der Waals surface area contributed by atoms with Crippen LogP contribution in [0.2, 0.25) is 0 Å². The molecule has 0 saturated carbocycles. The summed E-state index contributed by atoms with van der Waals surface area (Å²) < 4.78 is 47.4. The number of hydrogen-bond acceptors (Lipinski definition) is 4. The Labute approximate surface area is 146 Å². The zero-order valence-corrected chi connectivity index (χ0v) is 13.8. The molecule has 0 aromatic heterocycles. The molecule has 0 aliphatic carbocycles. The Morgan fingerprint density at radius 1 is 0.885 bits per heavy atom. The third-order valence-electron chi connectivity index (χ3n) is 3.31. The van der Waals surface area contributed by atoms with Crippen LogP contribution in [0.1, 0.15) is 10.4 Å². The van der Waals surface area contributed by atoms with E-state index in [1.165, 1.54) is 20.3 Å². The maximum Gasteiger partial charge on any atom is 0.471 e. The first-order valence-corrected chi connectivity index (χ1v) is 7.27. The highest BCUT2D eigenvalue weighted by Crippen LogP contribution is 2.37. The van der Waals surface area contributed by atoms with E-state index in [2.05, 4.69) is 5.32 Å². The molecule has 9 heteroatoms. The van der Waals surface area contributed by atoms with Crippen molar-refractivity contribution in [3.8, 4) is 11.5 Å². The molecule has 0 fully saturated rings. The van der Waals surface area contributed by atoms with Crippen LogP contribution in [0, 0.1) is 0 Å². The molecule has 2 aromatic carbocycles. The molecule has 2 aromatic rings. The molecule has 0 bridgehead atoms. The zero-order valence-electron chi connectivity index (χ0n) is 13.8. The number of nitrogens with one attached hydrogen (secondary N) is 2. The van der Waals surface area contributed by atoms with E-state index >= 15 is 0 Å². The lowest BCUT2D eigenvalue weighted by atomic mass is 10.2. The van der Waals surface area contributed by atoms with Gasteiger partial charge in [0.05, 0.1) is 25.6 Å². The fourth-order valence-electron chi connectivity index (χ4n) is 2.07. The molecule has 0 unspecified atom stereocenters. The molecule has 0 aliphatic heterocycles. The van der Waals surface area contributed by atoms with Crippen LogP contribution in [0.4, 0.5) is 24.5 Å². The van der Waals surface area contributed by atoms with Gasteiger partial charge < -0.3 is 20.1 Å². The summed E-state index contributed by atoms with van der Waals surface area (Å²) in [6.07, 6.45) is -5.06. The predicted octanol–water partition coefficient (Wildman–Crippen LogP) is 3.46. The monoisotopic (exact) mass is 368 g/mol. The van der Waals surface area contributed by atoms with E-state index < -0.39 is 18.0 Å². The summed E-state index contributed by atoms with van der Waals surface area (Å²) in [6.45, 7) is 0. The van der Waals surface area contributed by atoms with Crippen LogP contribution in [0.5, 0.6) is 11.5 Å². The second-order valence-electron chi connectivity index (χ2n) is 5.02. The number of halogens is 3. The van der Waals surface area contributed by atoms with Gasteiger partial charge in [-0.2, -0.15) is 13.2 Å². The molecule has 0 radical (unpaired) electrons. The van der Waals surface area contributed by atoms with Crippen LogP contribution in [-0.4, -0.2) is 32.2 Å². The number of methoxy groups -OCH3 is 2. The van der Waals surface area contributed by atoms with E-state index in [0.29, 0.717) is 5.56 Å². The van der Waals surface area contributed by atoms with Gasteiger partial charge in [-0.3, -0.25) is 9.59 Å². The van der Waals surface area contributed by atoms with Crippen molar-refractivity contribution in [3.63, 3.8) is 0 Å². The van der Waals surface area contributed by atoms with Crippen LogP contribution >= 0.6 is 0 Å². The predicted molar refractivity (Wildman–Crippen MR) is 88.6 cm³/mol. The fraction of sp³-hybridized carbons (Fsp3) is 0.176. The quantitative estimate of drug-likeness (QED) is 0.848. The summed E-state index contributed by atoms with van der Waals surface area (Å²) in [4.78, 5) is 23.4. The standard InChI is InChI=1S/C17H15F3N2O4/c1-25-13-9-12(22-16(24)17(18,19)20)14(26-2)8-11(13)21-15(23)10-6-4-3-5-7-10/h3-9H,1-2H3,(H,21,23)(H,22,24). The first kappa shape index (κ1) is 19.1. The number of rotatable bonds is 5. The minimum absolute atomic E-state index is 0.0487. The van der Waals surface area contributed by atoms with Gasteiger partial charge >= 0.3 is 12.1 Å². The van der Waals surface area contributed by atoms with Crippen molar-refractivity contribution in [2.45, 2.75) is 6.18 Å². The Bertz CT molecular complexity index is 808. The largest absolute Gasteiger partial charge is 0.494 e. The Morgan fingerprint density at radius 3 is 1.85 bits per heavy atom. The van der Waals surface area contributed by atoms with Gasteiger partial charge in [-0.1, -0.05) is 18.2 Å². The molecule has 0 spiro atoms. The molecule has 6 nitrogen and oxygen atoms in total. The van der Waals surface area contributed by atoms with Gasteiger partial charge in [0.25, 0.3) is 5.91 Å². The smallest absolute Gasteiger partial charge is 0.471 e. The molecule has 2 amide bonds. The summed E-state index contributed by atoms with van der Waals surface area (Å²) in [5.74, 6) is -2.63. The molecule has 2 N–H and O–H groups in total. The summed E-state index contributed by atoms with van der Waals surface area (Å²) in [6, 6.07) is 10.7. The number of alkyl halides is 3. The number of ether oxygens (including phenoxy) is 2. The number of carbonyl (C=O) groups is 2. The molecule has 26 heavy (non-hydrogen) atoms. The van der Waals surface area contributed by atoms with Crippen molar-refractivity contribution in [3.05, 3.63) is 48.0 Å². The van der Waals surface area contributed by atoms with Gasteiger partial charge in [-0.15, -0.1) is 0 Å². The molecular weight excluding hydrogens is 353 g/mol. The van der Waals surface area contributed by atoms with Crippen LogP contribution in [0.15, 0.2) is 42.5 Å². The lowest BCUT2D eigenvalue weighted by Crippen LogP contribution is -2.30. The first-order valence-electron chi connectivity index (χ1n) is 7.27. The van der Waals surface area contributed by atoms with Gasteiger partial charge in [0, 0.05) is 17.7 Å². The van der Waals surface area contributed by atoms with E-state index in [0.717, 1.165) is 6.07 Å². The van der Waals surface area contributed by atoms with Gasteiger partial charge in [-0.05, 0) is 12.1 Å². The van der Waals surface area contributed by atoms with Crippen LogP contribution in [0.3, 0.4) is 0 Å². The number of anilines is 2. The van der Waals surface area contributed by atoms with Crippen LogP contribution < -0.4 is 20.1 Å². The molecule has 0 heterocycles. The summed E-state index contributed by atoms with van der Waals surface area (Å²) in [5.41, 5.74) is 0.301. The van der Waals surface area contributed by atoms with Crippen LogP contribution in [0.25, 0.3) is 0 Å². The lowest BCUT2D eigenvalue weighted by Gasteiger charge is -2.16. The average molecular weight is 368 g/mol. The second-order valence-corrected chi connectivity index (χ2v) is 5.02. The van der Waals surface area contributed by atoms with Crippen molar-refractivity contribution in [1.82, 2.24) is 0 Å². The van der Waals surface area contributed by atoms with Gasteiger partial charge in [0.2, 0.25) is 0 Å². The van der Waals surface area contributed by atoms with Crippen molar-refractivity contribution < 1.29 is 32.2 Å². The van der Waals surface area contributed by atoms with E-state index in [9.17, 15) is 22.8 Å². The minimum atomic E-state index is -5.06. The molecule has 2 rings (SSSR count). The number of hydrogen-bond donors (Lipinski definition) is 2. The Kier molecular flexibility index (Phi) is 5.71. The fourth-order valence-corrected chi connectivity index (χ4v) is 2.07. The van der Waals surface area contributed by atoms with E-state index in [1.807, 2.05) is 0 Å². The van der Waals surface area contributed by atoms with E-state index in [1.54, 1.807) is 35.6 Å². The Hall–Kier alpha value is -3.23. The zero-order chi connectivity index (χ0) is 19.3. The minimum Gasteiger partial charge on any atom is -0.494 e. The average Bonchev–Trinajstić information content (AvgIpc) is 2.62. The summed E-state index contributed by atoms with van der Waals surface area (Å²) in [5, 5.41) is 4.29. The number of carbonyl (C=O) groups excluding carboxylic acids is 2. The highest BCUT2D eigenvalue weighted by atomic mass is 19.4. The second kappa shape index (κ2) is 7.77. The van der Waals surface area contributed by atoms with E-state index in [-0.39, 0.29) is 22.9 Å². The van der Waals surface area contributed by atoms with Gasteiger partial charge in [0.1, 0.15) is 11.5 Å². The van der Waals surface area contributed by atoms with Gasteiger partial charge in [-0.25, -0.2) is 0 Å². The molecule has 138 valence electrons. The molecule has 0 saturated heterocycles. The number of benzene rings is 2. The van der Waals surface area contributed by atoms with Crippen molar-refractivity contribution >= 4 is 23.2 Å². The van der Waals surface area contributed by atoms with Crippen molar-refractivity contribution in [2.24, 2.45) is 0 Å². The molecule has 0 aliphatic rings. The van der Waals surface area contributed by atoms with Gasteiger partial charge in [0.15, 0.2) is 0 Å². The topological polar surface area (TPSA) is 76.7 Å². The summed E-state index contributed by atoms with van der Waals surface area (Å²) >= 11 is 0. The first-order chi connectivity index (χ1) is 12.3. The van der Waals surface area contributed by atoms with Crippen molar-refractivity contribution in [2.75, 3.05) is 24.9 Å². The molecule has 0 atom stereocenters. The van der Waals surface area contributed by atoms with Crippen LogP contribution in [-0.2, 0) is 4.79 Å². The Morgan fingerprint density at radius 2 is 1.38 bits per heavy atom. The number of amides is 2. The molecular formula is C17H15F3N2O4. The maximum absolute atomic E-state index is 12.5. The third-order valence-corrected chi connectivity index (χ3v) is 3.31. The third kappa shape index (κ3) is 4.44. The normalized spacial score (nSPS) is 10.8. The van der Waals surface area contributed by atoms with Crippen molar-refractivity contribution in [1.29, 1.82) is 0 Å². The Balaban J connectivity index is 2.33. The van der Waals surface area contributed by atoms with E-state index in [4.69, 9.17) is 9.47 Å². The maximum atomic E-state index is 12.5. The summed E-state index contributed by atoms with van der Waals surface area (Å²) in [7, 11) is 2.49.